The fraction of sp³-hybridized carbons (Fsp3) is 0.538. The number of aryl methyl sites for hydroxylation is 1. The van der Waals surface area contributed by atoms with E-state index in [-0.39, 0.29) is 18.2 Å². The Morgan fingerprint density at radius 3 is 2.38 bits per heavy atom. The highest BCUT2D eigenvalue weighted by Gasteiger charge is 2.10. The fourth-order valence-corrected chi connectivity index (χ4v) is 1.40. The molecule has 0 unspecified atom stereocenters. The van der Waals surface area contributed by atoms with Crippen LogP contribution in [0, 0.1) is 5.41 Å². The van der Waals surface area contributed by atoms with Crippen molar-refractivity contribution in [2.24, 2.45) is 5.41 Å². The summed E-state index contributed by atoms with van der Waals surface area (Å²) in [6, 6.07) is 5.54. The maximum Gasteiger partial charge on any atom is 0.160 e. The SMILES string of the molecule is COc1cc(CCC(C)(C)C)ccc1O.Cl. The van der Waals surface area contributed by atoms with Gasteiger partial charge in [-0.3, -0.25) is 0 Å². The molecule has 1 aromatic rings. The number of ether oxygens (including phenoxy) is 1. The third-order valence-corrected chi connectivity index (χ3v) is 2.41. The molecule has 0 spiro atoms. The van der Waals surface area contributed by atoms with Gasteiger partial charge in [0.05, 0.1) is 7.11 Å². The molecule has 0 saturated heterocycles. The summed E-state index contributed by atoms with van der Waals surface area (Å²) in [5.41, 5.74) is 1.55. The van der Waals surface area contributed by atoms with Crippen molar-refractivity contribution in [1.29, 1.82) is 0 Å². The van der Waals surface area contributed by atoms with Crippen LogP contribution in [0.4, 0.5) is 0 Å². The first-order valence-electron chi connectivity index (χ1n) is 5.28. The summed E-state index contributed by atoms with van der Waals surface area (Å²) >= 11 is 0. The Balaban J connectivity index is 0.00000225. The van der Waals surface area contributed by atoms with Crippen molar-refractivity contribution in [3.8, 4) is 11.5 Å². The van der Waals surface area contributed by atoms with Crippen LogP contribution in [-0.2, 0) is 6.42 Å². The second-order valence-electron chi connectivity index (χ2n) is 5.07. The predicted molar refractivity (Wildman–Crippen MR) is 69.7 cm³/mol. The molecule has 1 N–H and O–H groups in total. The van der Waals surface area contributed by atoms with E-state index in [0.29, 0.717) is 11.2 Å². The van der Waals surface area contributed by atoms with E-state index in [2.05, 4.69) is 20.8 Å². The monoisotopic (exact) mass is 244 g/mol. The molecule has 92 valence electrons. The van der Waals surface area contributed by atoms with Crippen LogP contribution in [0.25, 0.3) is 0 Å². The van der Waals surface area contributed by atoms with Gasteiger partial charge in [0.25, 0.3) is 0 Å². The van der Waals surface area contributed by atoms with Gasteiger partial charge in [0.1, 0.15) is 0 Å². The molecular formula is C13H21ClO2. The number of rotatable bonds is 3. The Labute approximate surface area is 104 Å². The fourth-order valence-electron chi connectivity index (χ4n) is 1.40. The van der Waals surface area contributed by atoms with Crippen LogP contribution >= 0.6 is 12.4 Å². The van der Waals surface area contributed by atoms with Gasteiger partial charge in [-0.25, -0.2) is 0 Å². The highest BCUT2D eigenvalue weighted by molar-refractivity contribution is 5.85. The lowest BCUT2D eigenvalue weighted by Gasteiger charge is -2.18. The summed E-state index contributed by atoms with van der Waals surface area (Å²) in [5, 5.41) is 9.44. The van der Waals surface area contributed by atoms with Crippen LogP contribution in [0.5, 0.6) is 11.5 Å². The van der Waals surface area contributed by atoms with E-state index >= 15 is 0 Å². The number of hydrogen-bond donors (Lipinski definition) is 1. The quantitative estimate of drug-likeness (QED) is 0.877. The lowest BCUT2D eigenvalue weighted by molar-refractivity contribution is 0.368. The number of aromatic hydroxyl groups is 1. The first-order chi connectivity index (χ1) is 6.92. The number of phenolic OH excluding ortho intramolecular Hbond substituents is 1. The molecule has 0 atom stereocenters. The number of phenols is 1. The molecule has 2 nitrogen and oxygen atoms in total. The second kappa shape index (κ2) is 6.00. The third kappa shape index (κ3) is 4.75. The van der Waals surface area contributed by atoms with E-state index in [0.717, 1.165) is 12.8 Å². The normalized spacial score (nSPS) is 10.8. The minimum atomic E-state index is 0. The van der Waals surface area contributed by atoms with Gasteiger partial charge in [-0.2, -0.15) is 0 Å². The second-order valence-corrected chi connectivity index (χ2v) is 5.07. The zero-order chi connectivity index (χ0) is 11.5. The summed E-state index contributed by atoms with van der Waals surface area (Å²) in [7, 11) is 1.57. The average molecular weight is 245 g/mol. The molecule has 0 radical (unpaired) electrons. The molecule has 3 heteroatoms. The Morgan fingerprint density at radius 1 is 1.25 bits per heavy atom. The minimum absolute atomic E-state index is 0. The van der Waals surface area contributed by atoms with Gasteiger partial charge in [0, 0.05) is 0 Å². The minimum Gasteiger partial charge on any atom is -0.504 e. The molecule has 0 aromatic heterocycles. The van der Waals surface area contributed by atoms with Crippen molar-refractivity contribution in [3.05, 3.63) is 23.8 Å². The topological polar surface area (TPSA) is 29.5 Å². The van der Waals surface area contributed by atoms with E-state index in [1.807, 2.05) is 12.1 Å². The van der Waals surface area contributed by atoms with Gasteiger partial charge in [-0.1, -0.05) is 26.8 Å². The smallest absolute Gasteiger partial charge is 0.160 e. The van der Waals surface area contributed by atoms with Crippen LogP contribution < -0.4 is 4.74 Å². The van der Waals surface area contributed by atoms with E-state index < -0.39 is 0 Å². The van der Waals surface area contributed by atoms with Crippen molar-refractivity contribution in [3.63, 3.8) is 0 Å². The number of benzene rings is 1. The van der Waals surface area contributed by atoms with Crippen molar-refractivity contribution in [1.82, 2.24) is 0 Å². The molecule has 16 heavy (non-hydrogen) atoms. The van der Waals surface area contributed by atoms with Crippen molar-refractivity contribution >= 4 is 12.4 Å². The highest BCUT2D eigenvalue weighted by Crippen LogP contribution is 2.28. The van der Waals surface area contributed by atoms with Crippen LogP contribution in [0.15, 0.2) is 18.2 Å². The molecule has 0 aliphatic carbocycles. The Morgan fingerprint density at radius 2 is 1.88 bits per heavy atom. The first kappa shape index (κ1) is 15.1. The largest absolute Gasteiger partial charge is 0.504 e. The summed E-state index contributed by atoms with van der Waals surface area (Å²) in [4.78, 5) is 0. The zero-order valence-electron chi connectivity index (χ0n) is 10.4. The van der Waals surface area contributed by atoms with E-state index in [4.69, 9.17) is 4.74 Å². The molecule has 0 fully saturated rings. The predicted octanol–water partition coefficient (Wildman–Crippen LogP) is 3.80. The molecule has 1 aromatic carbocycles. The van der Waals surface area contributed by atoms with Gasteiger partial charge < -0.3 is 9.84 Å². The van der Waals surface area contributed by atoms with E-state index in [1.165, 1.54) is 5.56 Å². The van der Waals surface area contributed by atoms with Crippen molar-refractivity contribution in [2.75, 3.05) is 7.11 Å². The van der Waals surface area contributed by atoms with Crippen molar-refractivity contribution < 1.29 is 9.84 Å². The van der Waals surface area contributed by atoms with Gasteiger partial charge >= 0.3 is 0 Å². The molecule has 0 heterocycles. The lowest BCUT2D eigenvalue weighted by Crippen LogP contribution is -2.06. The van der Waals surface area contributed by atoms with Crippen LogP contribution in [0.2, 0.25) is 0 Å². The molecular weight excluding hydrogens is 224 g/mol. The first-order valence-corrected chi connectivity index (χ1v) is 5.28. The number of halogens is 1. The Kier molecular flexibility index (Phi) is 5.66. The number of hydrogen-bond acceptors (Lipinski definition) is 2. The van der Waals surface area contributed by atoms with Gasteiger partial charge in [-0.05, 0) is 36.0 Å². The molecule has 0 bridgehead atoms. The Bertz CT molecular complexity index is 329. The zero-order valence-corrected chi connectivity index (χ0v) is 11.2. The van der Waals surface area contributed by atoms with Gasteiger partial charge in [0.2, 0.25) is 0 Å². The van der Waals surface area contributed by atoms with Crippen LogP contribution in [0.3, 0.4) is 0 Å². The molecule has 0 amide bonds. The summed E-state index contributed by atoms with van der Waals surface area (Å²) in [6.07, 6.45) is 2.14. The third-order valence-electron chi connectivity index (χ3n) is 2.41. The Hall–Kier alpha value is -0.890. The van der Waals surface area contributed by atoms with Crippen molar-refractivity contribution in [2.45, 2.75) is 33.6 Å². The molecule has 0 saturated carbocycles. The summed E-state index contributed by atoms with van der Waals surface area (Å²) in [6.45, 7) is 6.68. The average Bonchev–Trinajstić information content (AvgIpc) is 2.15. The number of methoxy groups -OCH3 is 1. The standard InChI is InChI=1S/C13H20O2.ClH/c1-13(2,3)8-7-10-5-6-11(14)12(9-10)15-4;/h5-6,9,14H,7-8H2,1-4H3;1H. The van der Waals surface area contributed by atoms with Crippen LogP contribution in [-0.4, -0.2) is 12.2 Å². The highest BCUT2D eigenvalue weighted by atomic mass is 35.5. The lowest BCUT2D eigenvalue weighted by atomic mass is 9.89. The van der Waals surface area contributed by atoms with Gasteiger partial charge in [-0.15, -0.1) is 12.4 Å². The summed E-state index contributed by atoms with van der Waals surface area (Å²) < 4.78 is 5.07. The van der Waals surface area contributed by atoms with E-state index in [9.17, 15) is 5.11 Å². The summed E-state index contributed by atoms with van der Waals surface area (Å²) in [5.74, 6) is 0.762. The van der Waals surface area contributed by atoms with E-state index in [1.54, 1.807) is 13.2 Å². The maximum atomic E-state index is 9.44. The molecule has 1 rings (SSSR count). The molecule has 0 aliphatic heterocycles. The van der Waals surface area contributed by atoms with Crippen LogP contribution in [0.1, 0.15) is 32.8 Å². The maximum absolute atomic E-state index is 9.44. The molecule has 0 aliphatic rings. The van der Waals surface area contributed by atoms with Gasteiger partial charge in [0.15, 0.2) is 11.5 Å².